The minimum atomic E-state index is 0.339. The Morgan fingerprint density at radius 1 is 1.38 bits per heavy atom. The number of aryl methyl sites for hydroxylation is 2. The number of ether oxygens (including phenoxy) is 1. The number of anilines is 1. The number of rotatable bonds is 5. The molecule has 4 nitrogen and oxygen atoms in total. The maximum atomic E-state index is 5.80. The highest BCUT2D eigenvalue weighted by molar-refractivity contribution is 5.52. The van der Waals surface area contributed by atoms with Gasteiger partial charge in [0.15, 0.2) is 0 Å². The SMILES string of the molecule is CCC1CN(c2nc(C)cc(C)c2CNC2CC2)CCO1. The number of nitrogens with one attached hydrogen (secondary N) is 1. The van der Waals surface area contributed by atoms with Gasteiger partial charge in [-0.15, -0.1) is 0 Å². The molecule has 1 aromatic rings. The van der Waals surface area contributed by atoms with E-state index in [1.165, 1.54) is 29.8 Å². The number of nitrogens with zero attached hydrogens (tertiary/aromatic N) is 2. The first-order valence-electron chi connectivity index (χ1n) is 8.24. The van der Waals surface area contributed by atoms with E-state index in [9.17, 15) is 0 Å². The van der Waals surface area contributed by atoms with Gasteiger partial charge in [0.05, 0.1) is 12.7 Å². The Bertz CT molecular complexity index is 499. The maximum absolute atomic E-state index is 5.80. The Kier molecular flexibility index (Phi) is 4.45. The smallest absolute Gasteiger partial charge is 0.133 e. The molecule has 0 bridgehead atoms. The van der Waals surface area contributed by atoms with Gasteiger partial charge in [-0.25, -0.2) is 4.98 Å². The normalized spacial score (nSPS) is 22.6. The van der Waals surface area contributed by atoms with Gasteiger partial charge in [-0.3, -0.25) is 0 Å². The van der Waals surface area contributed by atoms with Crippen LogP contribution in [0.4, 0.5) is 5.82 Å². The highest BCUT2D eigenvalue weighted by atomic mass is 16.5. The second-order valence-corrected chi connectivity index (χ2v) is 6.38. The molecule has 0 aromatic carbocycles. The number of hydrogen-bond acceptors (Lipinski definition) is 4. The molecular formula is C17H27N3O. The first kappa shape index (κ1) is 14.8. The highest BCUT2D eigenvalue weighted by Gasteiger charge is 2.25. The lowest BCUT2D eigenvalue weighted by molar-refractivity contribution is 0.0381. The summed E-state index contributed by atoms with van der Waals surface area (Å²) in [5.41, 5.74) is 3.83. The van der Waals surface area contributed by atoms with E-state index in [1.54, 1.807) is 0 Å². The van der Waals surface area contributed by atoms with Crippen molar-refractivity contribution in [2.45, 2.75) is 58.7 Å². The maximum Gasteiger partial charge on any atom is 0.133 e. The summed E-state index contributed by atoms with van der Waals surface area (Å²) in [6, 6.07) is 2.93. The fourth-order valence-corrected chi connectivity index (χ4v) is 3.02. The van der Waals surface area contributed by atoms with Gasteiger partial charge in [0, 0.05) is 36.9 Å². The molecule has 4 heteroatoms. The Morgan fingerprint density at radius 2 is 2.19 bits per heavy atom. The average Bonchev–Trinajstić information content (AvgIpc) is 3.30. The van der Waals surface area contributed by atoms with Crippen molar-refractivity contribution in [3.63, 3.8) is 0 Å². The van der Waals surface area contributed by atoms with Crippen molar-refractivity contribution in [3.05, 3.63) is 22.9 Å². The topological polar surface area (TPSA) is 37.4 Å². The Labute approximate surface area is 127 Å². The predicted molar refractivity (Wildman–Crippen MR) is 85.8 cm³/mol. The zero-order chi connectivity index (χ0) is 14.8. The van der Waals surface area contributed by atoms with Crippen molar-refractivity contribution in [1.82, 2.24) is 10.3 Å². The van der Waals surface area contributed by atoms with E-state index in [4.69, 9.17) is 9.72 Å². The molecule has 1 unspecified atom stereocenters. The third-order valence-electron chi connectivity index (χ3n) is 4.49. The third-order valence-corrected chi connectivity index (χ3v) is 4.49. The van der Waals surface area contributed by atoms with Crippen LogP contribution >= 0.6 is 0 Å². The van der Waals surface area contributed by atoms with Gasteiger partial charge in [-0.1, -0.05) is 6.92 Å². The zero-order valence-corrected chi connectivity index (χ0v) is 13.5. The van der Waals surface area contributed by atoms with Crippen LogP contribution in [0.3, 0.4) is 0 Å². The predicted octanol–water partition coefficient (Wildman–Crippen LogP) is 2.57. The highest BCUT2D eigenvalue weighted by Crippen LogP contribution is 2.27. The van der Waals surface area contributed by atoms with Crippen molar-refractivity contribution in [2.75, 3.05) is 24.6 Å². The summed E-state index contributed by atoms with van der Waals surface area (Å²) in [6.45, 7) is 10.1. The summed E-state index contributed by atoms with van der Waals surface area (Å²) in [7, 11) is 0. The van der Waals surface area contributed by atoms with E-state index in [0.717, 1.165) is 44.4 Å². The molecule has 3 rings (SSSR count). The quantitative estimate of drug-likeness (QED) is 0.904. The molecule has 21 heavy (non-hydrogen) atoms. The molecular weight excluding hydrogens is 262 g/mol. The Morgan fingerprint density at radius 3 is 2.90 bits per heavy atom. The lowest BCUT2D eigenvalue weighted by Gasteiger charge is -2.35. The molecule has 1 aliphatic carbocycles. The van der Waals surface area contributed by atoms with Crippen LogP contribution in [0.25, 0.3) is 0 Å². The van der Waals surface area contributed by atoms with Gasteiger partial charge in [0.25, 0.3) is 0 Å². The van der Waals surface area contributed by atoms with Crippen LogP contribution < -0.4 is 10.2 Å². The second-order valence-electron chi connectivity index (χ2n) is 6.38. The van der Waals surface area contributed by atoms with Crippen molar-refractivity contribution in [1.29, 1.82) is 0 Å². The van der Waals surface area contributed by atoms with Crippen molar-refractivity contribution in [2.24, 2.45) is 0 Å². The van der Waals surface area contributed by atoms with Gasteiger partial charge in [0.2, 0.25) is 0 Å². The average molecular weight is 289 g/mol. The van der Waals surface area contributed by atoms with Gasteiger partial charge in [-0.05, 0) is 44.7 Å². The van der Waals surface area contributed by atoms with Crippen LogP contribution in [0.2, 0.25) is 0 Å². The van der Waals surface area contributed by atoms with Gasteiger partial charge >= 0.3 is 0 Å². The number of hydrogen-bond donors (Lipinski definition) is 1. The summed E-state index contributed by atoms with van der Waals surface area (Å²) in [5, 5.41) is 3.64. The molecule has 2 aliphatic rings. The summed E-state index contributed by atoms with van der Waals surface area (Å²) in [4.78, 5) is 7.27. The van der Waals surface area contributed by atoms with Crippen molar-refractivity contribution < 1.29 is 4.74 Å². The van der Waals surface area contributed by atoms with Crippen LogP contribution in [-0.2, 0) is 11.3 Å². The Balaban J connectivity index is 1.83. The molecule has 1 atom stereocenters. The largest absolute Gasteiger partial charge is 0.375 e. The van der Waals surface area contributed by atoms with Crippen molar-refractivity contribution in [3.8, 4) is 0 Å². The molecule has 0 radical (unpaired) electrons. The van der Waals surface area contributed by atoms with E-state index in [0.29, 0.717) is 6.10 Å². The summed E-state index contributed by atoms with van der Waals surface area (Å²) in [6.07, 6.45) is 4.05. The molecule has 1 N–H and O–H groups in total. The molecule has 1 aliphatic heterocycles. The van der Waals surface area contributed by atoms with E-state index in [-0.39, 0.29) is 0 Å². The van der Waals surface area contributed by atoms with Crippen LogP contribution in [0.5, 0.6) is 0 Å². The number of pyridine rings is 1. The molecule has 2 fully saturated rings. The van der Waals surface area contributed by atoms with Crippen LogP contribution in [0, 0.1) is 13.8 Å². The minimum Gasteiger partial charge on any atom is -0.375 e. The van der Waals surface area contributed by atoms with Gasteiger partial charge in [0.1, 0.15) is 5.82 Å². The third kappa shape index (κ3) is 3.55. The minimum absolute atomic E-state index is 0.339. The standard InChI is InChI=1S/C17H27N3O/c1-4-15-11-20(7-8-21-15)17-16(10-18-14-5-6-14)12(2)9-13(3)19-17/h9,14-15,18H,4-8,10-11H2,1-3H3. The summed E-state index contributed by atoms with van der Waals surface area (Å²) in [5.74, 6) is 1.17. The second kappa shape index (κ2) is 6.32. The molecule has 1 saturated heterocycles. The van der Waals surface area contributed by atoms with Crippen LogP contribution in [-0.4, -0.2) is 36.8 Å². The molecule has 0 amide bonds. The van der Waals surface area contributed by atoms with Crippen molar-refractivity contribution >= 4 is 5.82 Å². The van der Waals surface area contributed by atoms with E-state index >= 15 is 0 Å². The number of aromatic nitrogens is 1. The van der Waals surface area contributed by atoms with E-state index in [1.807, 2.05) is 0 Å². The Hall–Kier alpha value is -1.13. The lowest BCUT2D eigenvalue weighted by atomic mass is 10.1. The number of morpholine rings is 1. The first-order chi connectivity index (χ1) is 10.2. The molecule has 2 heterocycles. The fraction of sp³-hybridized carbons (Fsp3) is 0.706. The monoisotopic (exact) mass is 289 g/mol. The van der Waals surface area contributed by atoms with Gasteiger partial charge in [-0.2, -0.15) is 0 Å². The summed E-state index contributed by atoms with van der Waals surface area (Å²) < 4.78 is 5.80. The molecule has 116 valence electrons. The summed E-state index contributed by atoms with van der Waals surface area (Å²) >= 11 is 0. The van der Waals surface area contributed by atoms with Crippen LogP contribution in [0.15, 0.2) is 6.07 Å². The molecule has 0 spiro atoms. The fourth-order valence-electron chi connectivity index (χ4n) is 3.02. The lowest BCUT2D eigenvalue weighted by Crippen LogP contribution is -2.43. The first-order valence-corrected chi connectivity index (χ1v) is 8.24. The van der Waals surface area contributed by atoms with Gasteiger partial charge < -0.3 is 15.0 Å². The zero-order valence-electron chi connectivity index (χ0n) is 13.5. The van der Waals surface area contributed by atoms with E-state index < -0.39 is 0 Å². The molecule has 1 aromatic heterocycles. The van der Waals surface area contributed by atoms with E-state index in [2.05, 4.69) is 37.1 Å². The molecule has 1 saturated carbocycles. The van der Waals surface area contributed by atoms with Crippen LogP contribution in [0.1, 0.15) is 43.0 Å².